The lowest BCUT2D eigenvalue weighted by Gasteiger charge is -2.28. The summed E-state index contributed by atoms with van der Waals surface area (Å²) in [5, 5.41) is 2.95. The second-order valence-electron chi connectivity index (χ2n) is 8.29. The molecular formula is C22H33N3O4S. The first-order chi connectivity index (χ1) is 14.0. The van der Waals surface area contributed by atoms with E-state index in [9.17, 15) is 13.2 Å². The van der Waals surface area contributed by atoms with Crippen LogP contribution in [-0.2, 0) is 10.0 Å². The molecule has 1 atom stereocenters. The minimum Gasteiger partial charge on any atom is -0.468 e. The third-order valence-electron chi connectivity index (χ3n) is 4.79. The van der Waals surface area contributed by atoms with Crippen molar-refractivity contribution in [3.05, 3.63) is 53.5 Å². The normalized spacial score (nSPS) is 13.4. The molecule has 0 fully saturated rings. The van der Waals surface area contributed by atoms with Crippen LogP contribution in [0, 0.1) is 6.92 Å². The van der Waals surface area contributed by atoms with E-state index in [1.165, 1.54) is 12.1 Å². The summed E-state index contributed by atoms with van der Waals surface area (Å²) in [7, 11) is -3.73. The van der Waals surface area contributed by atoms with E-state index in [2.05, 4.69) is 28.8 Å². The van der Waals surface area contributed by atoms with E-state index in [-0.39, 0.29) is 16.8 Å². The molecule has 1 amide bonds. The van der Waals surface area contributed by atoms with E-state index in [4.69, 9.17) is 4.42 Å². The molecule has 7 nitrogen and oxygen atoms in total. The van der Waals surface area contributed by atoms with Crippen LogP contribution in [0.15, 0.2) is 45.9 Å². The number of sulfonamides is 1. The first-order valence-electron chi connectivity index (χ1n) is 10.2. The third kappa shape index (κ3) is 6.17. The van der Waals surface area contributed by atoms with Gasteiger partial charge in [0, 0.05) is 17.6 Å². The van der Waals surface area contributed by atoms with Crippen LogP contribution in [0.4, 0.5) is 0 Å². The van der Waals surface area contributed by atoms with Crippen LogP contribution in [0.2, 0.25) is 0 Å². The largest absolute Gasteiger partial charge is 0.468 e. The molecular weight excluding hydrogens is 402 g/mol. The maximum absolute atomic E-state index is 12.9. The lowest BCUT2D eigenvalue weighted by atomic mass is 10.1. The molecule has 0 aliphatic rings. The molecule has 0 aliphatic carbocycles. The molecule has 0 bridgehead atoms. The molecule has 2 aromatic rings. The van der Waals surface area contributed by atoms with Crippen molar-refractivity contribution in [1.29, 1.82) is 0 Å². The molecule has 0 aliphatic heterocycles. The molecule has 0 radical (unpaired) electrons. The first-order valence-corrected chi connectivity index (χ1v) is 11.7. The maximum atomic E-state index is 12.9. The number of hydrogen-bond acceptors (Lipinski definition) is 5. The van der Waals surface area contributed by atoms with E-state index >= 15 is 0 Å². The smallest absolute Gasteiger partial charge is 0.251 e. The second kappa shape index (κ2) is 9.76. The first kappa shape index (κ1) is 24.1. The minimum atomic E-state index is -3.73. The zero-order valence-electron chi connectivity index (χ0n) is 18.7. The summed E-state index contributed by atoms with van der Waals surface area (Å²) in [4.78, 5) is 15.2. The number of aryl methyl sites for hydroxylation is 1. The lowest BCUT2D eigenvalue weighted by molar-refractivity contribution is 0.0929. The molecule has 2 rings (SSSR count). The van der Waals surface area contributed by atoms with Crippen LogP contribution in [0.5, 0.6) is 0 Å². The molecule has 2 N–H and O–H groups in total. The lowest BCUT2D eigenvalue weighted by Crippen LogP contribution is -2.40. The Morgan fingerprint density at radius 3 is 2.37 bits per heavy atom. The highest BCUT2D eigenvalue weighted by Crippen LogP contribution is 2.21. The number of carbonyl (C=O) groups is 1. The molecule has 0 spiro atoms. The zero-order valence-corrected chi connectivity index (χ0v) is 19.5. The van der Waals surface area contributed by atoms with Crippen molar-refractivity contribution in [3.63, 3.8) is 0 Å². The van der Waals surface area contributed by atoms with Crippen molar-refractivity contribution < 1.29 is 17.6 Å². The highest BCUT2D eigenvalue weighted by atomic mass is 32.2. The van der Waals surface area contributed by atoms with Crippen molar-refractivity contribution in [2.24, 2.45) is 0 Å². The molecule has 1 aromatic carbocycles. The van der Waals surface area contributed by atoms with E-state index in [0.29, 0.717) is 17.7 Å². The van der Waals surface area contributed by atoms with Crippen LogP contribution in [0.3, 0.4) is 0 Å². The van der Waals surface area contributed by atoms with E-state index in [1.807, 2.05) is 12.1 Å². The Morgan fingerprint density at radius 2 is 1.83 bits per heavy atom. The summed E-state index contributed by atoms with van der Waals surface area (Å²) < 4.78 is 33.5. The summed E-state index contributed by atoms with van der Waals surface area (Å²) in [5.74, 6) is 0.463. The molecule has 0 saturated carbocycles. The number of hydrogen-bond donors (Lipinski definition) is 2. The van der Waals surface area contributed by atoms with Gasteiger partial charge in [-0.25, -0.2) is 13.1 Å². The quantitative estimate of drug-likeness (QED) is 0.629. The van der Waals surface area contributed by atoms with Crippen LogP contribution in [0.1, 0.15) is 62.3 Å². The Morgan fingerprint density at radius 1 is 1.17 bits per heavy atom. The summed E-state index contributed by atoms with van der Waals surface area (Å²) >= 11 is 0. The van der Waals surface area contributed by atoms with Gasteiger partial charge in [-0.2, -0.15) is 0 Å². The number of rotatable bonds is 9. The molecule has 0 saturated heterocycles. The Labute approximate surface area is 179 Å². The van der Waals surface area contributed by atoms with Gasteiger partial charge in [-0.05, 0) is 70.6 Å². The summed E-state index contributed by atoms with van der Waals surface area (Å²) in [6.45, 7) is 13.2. The van der Waals surface area contributed by atoms with Crippen molar-refractivity contribution >= 4 is 15.9 Å². The zero-order chi connectivity index (χ0) is 22.5. The number of carbonyl (C=O) groups excluding carboxylic acids is 1. The highest BCUT2D eigenvalue weighted by molar-refractivity contribution is 7.89. The third-order valence-corrected chi connectivity index (χ3v) is 6.54. The number of likely N-dealkylation sites (N-methyl/N-ethyl adjacent to an activating group) is 1. The fourth-order valence-electron chi connectivity index (χ4n) is 3.31. The van der Waals surface area contributed by atoms with Gasteiger partial charge in [-0.15, -0.1) is 0 Å². The highest BCUT2D eigenvalue weighted by Gasteiger charge is 2.25. The Kier molecular flexibility index (Phi) is 7.85. The van der Waals surface area contributed by atoms with E-state index in [1.54, 1.807) is 40.0 Å². The number of benzene rings is 1. The average Bonchev–Trinajstić information content (AvgIpc) is 3.17. The van der Waals surface area contributed by atoms with Crippen LogP contribution < -0.4 is 10.0 Å². The SMILES string of the molecule is CCN(CC)C(CNC(=O)c1cc(S(=O)(=O)NC(C)(C)C)ccc1C)c1ccco1. The predicted molar refractivity (Wildman–Crippen MR) is 118 cm³/mol. The standard InChI is InChI=1S/C22H33N3O4S/c1-7-25(8-2)19(20-10-9-13-29-20)15-23-21(26)18-14-17(12-11-16(18)3)30(27,28)24-22(4,5)6/h9-14,19,24H,7-8,15H2,1-6H3,(H,23,26). The van der Waals surface area contributed by atoms with Gasteiger partial charge in [0.2, 0.25) is 10.0 Å². The molecule has 1 aromatic heterocycles. The Bertz CT molecular complexity index is 943. The van der Waals surface area contributed by atoms with Crippen LogP contribution in [0.25, 0.3) is 0 Å². The number of furan rings is 1. The molecule has 1 heterocycles. The number of nitrogens with one attached hydrogen (secondary N) is 2. The summed E-state index contributed by atoms with van der Waals surface area (Å²) in [6, 6.07) is 8.22. The van der Waals surface area contributed by atoms with Crippen molar-refractivity contribution in [2.75, 3.05) is 19.6 Å². The van der Waals surface area contributed by atoms with Crippen molar-refractivity contribution in [2.45, 2.75) is 58.0 Å². The number of nitrogens with zero attached hydrogens (tertiary/aromatic N) is 1. The topological polar surface area (TPSA) is 91.7 Å². The molecule has 166 valence electrons. The Balaban J connectivity index is 2.24. The van der Waals surface area contributed by atoms with Gasteiger partial charge >= 0.3 is 0 Å². The molecule has 1 unspecified atom stereocenters. The van der Waals surface area contributed by atoms with Crippen molar-refractivity contribution in [3.8, 4) is 0 Å². The van der Waals surface area contributed by atoms with Crippen molar-refractivity contribution in [1.82, 2.24) is 14.9 Å². The number of amides is 1. The monoisotopic (exact) mass is 435 g/mol. The summed E-state index contributed by atoms with van der Waals surface area (Å²) in [5.41, 5.74) is 0.427. The maximum Gasteiger partial charge on any atom is 0.251 e. The minimum absolute atomic E-state index is 0.0690. The fourth-order valence-corrected chi connectivity index (χ4v) is 4.76. The fraction of sp³-hybridized carbons (Fsp3) is 0.500. The summed E-state index contributed by atoms with van der Waals surface area (Å²) in [6.07, 6.45) is 1.62. The molecule has 30 heavy (non-hydrogen) atoms. The van der Waals surface area contributed by atoms with Gasteiger partial charge in [0.1, 0.15) is 5.76 Å². The van der Waals surface area contributed by atoms with Crippen LogP contribution in [-0.4, -0.2) is 44.4 Å². The predicted octanol–water partition coefficient (Wildman–Crippen LogP) is 3.48. The van der Waals surface area contributed by atoms with Gasteiger partial charge < -0.3 is 9.73 Å². The average molecular weight is 436 g/mol. The second-order valence-corrected chi connectivity index (χ2v) is 9.98. The van der Waals surface area contributed by atoms with E-state index < -0.39 is 15.6 Å². The van der Waals surface area contributed by atoms with Gasteiger partial charge in [0.05, 0.1) is 17.2 Å². The van der Waals surface area contributed by atoms with Gasteiger partial charge in [0.25, 0.3) is 5.91 Å². The van der Waals surface area contributed by atoms with Gasteiger partial charge in [0.15, 0.2) is 0 Å². The van der Waals surface area contributed by atoms with Gasteiger partial charge in [-0.1, -0.05) is 19.9 Å². The molecule has 8 heteroatoms. The van der Waals surface area contributed by atoms with Crippen LogP contribution >= 0.6 is 0 Å². The van der Waals surface area contributed by atoms with Gasteiger partial charge in [-0.3, -0.25) is 9.69 Å². The van der Waals surface area contributed by atoms with E-state index in [0.717, 1.165) is 18.8 Å². The Hall–Kier alpha value is -2.16.